The molecule has 0 bridgehead atoms. The van der Waals surface area contributed by atoms with E-state index < -0.39 is 0 Å². The SMILES string of the molecule is Cc1ncc(C(=O)Nc2ccc(-c3ccsc3)cn2)cn1. The van der Waals surface area contributed by atoms with Crippen LogP contribution in [-0.4, -0.2) is 20.9 Å². The Bertz CT molecular complexity index is 736. The van der Waals surface area contributed by atoms with Crippen molar-refractivity contribution in [3.8, 4) is 11.1 Å². The van der Waals surface area contributed by atoms with Crippen LogP contribution in [0.2, 0.25) is 0 Å². The van der Waals surface area contributed by atoms with Gasteiger partial charge in [-0.25, -0.2) is 15.0 Å². The van der Waals surface area contributed by atoms with Crippen LogP contribution in [-0.2, 0) is 0 Å². The van der Waals surface area contributed by atoms with E-state index in [0.717, 1.165) is 11.1 Å². The van der Waals surface area contributed by atoms with Gasteiger partial charge in [-0.1, -0.05) is 0 Å². The van der Waals surface area contributed by atoms with Gasteiger partial charge in [0.1, 0.15) is 11.6 Å². The van der Waals surface area contributed by atoms with E-state index in [4.69, 9.17) is 0 Å². The minimum absolute atomic E-state index is 0.272. The number of nitrogens with one attached hydrogen (secondary N) is 1. The van der Waals surface area contributed by atoms with Gasteiger partial charge in [0.2, 0.25) is 0 Å². The first-order chi connectivity index (χ1) is 10.2. The van der Waals surface area contributed by atoms with E-state index >= 15 is 0 Å². The Hall–Kier alpha value is -2.60. The Morgan fingerprint density at radius 1 is 1.05 bits per heavy atom. The molecule has 5 nitrogen and oxygen atoms in total. The zero-order valence-corrected chi connectivity index (χ0v) is 12.1. The molecule has 0 fully saturated rings. The first-order valence-electron chi connectivity index (χ1n) is 6.31. The lowest BCUT2D eigenvalue weighted by molar-refractivity contribution is 0.102. The Morgan fingerprint density at radius 3 is 2.48 bits per heavy atom. The van der Waals surface area contributed by atoms with Crippen molar-refractivity contribution in [3.05, 3.63) is 58.9 Å². The molecule has 3 heterocycles. The molecule has 3 rings (SSSR count). The number of carbonyl (C=O) groups is 1. The van der Waals surface area contributed by atoms with Gasteiger partial charge in [0.25, 0.3) is 5.91 Å². The molecule has 1 amide bonds. The van der Waals surface area contributed by atoms with Gasteiger partial charge in [-0.2, -0.15) is 11.3 Å². The molecule has 0 aromatic carbocycles. The number of rotatable bonds is 3. The molecule has 0 spiro atoms. The van der Waals surface area contributed by atoms with Gasteiger partial charge in [0.05, 0.1) is 5.56 Å². The predicted molar refractivity (Wildman–Crippen MR) is 82.3 cm³/mol. The van der Waals surface area contributed by atoms with Crippen molar-refractivity contribution in [3.63, 3.8) is 0 Å². The highest BCUT2D eigenvalue weighted by atomic mass is 32.1. The van der Waals surface area contributed by atoms with Crippen LogP contribution < -0.4 is 5.32 Å². The lowest BCUT2D eigenvalue weighted by Gasteiger charge is -2.05. The molecule has 0 atom stereocenters. The van der Waals surface area contributed by atoms with Gasteiger partial charge in [-0.15, -0.1) is 0 Å². The van der Waals surface area contributed by atoms with Crippen LogP contribution in [0, 0.1) is 6.92 Å². The molecule has 3 aromatic rings. The molecule has 0 aliphatic heterocycles. The van der Waals surface area contributed by atoms with Crippen molar-refractivity contribution in [1.82, 2.24) is 15.0 Å². The maximum atomic E-state index is 12.0. The van der Waals surface area contributed by atoms with Crippen LogP contribution in [0.3, 0.4) is 0 Å². The standard InChI is InChI=1S/C15H12N4OS/c1-10-16-7-13(8-17-10)15(20)19-14-3-2-11(6-18-14)12-4-5-21-9-12/h2-9H,1H3,(H,18,19,20). The van der Waals surface area contributed by atoms with Crippen LogP contribution in [0.4, 0.5) is 5.82 Å². The van der Waals surface area contributed by atoms with E-state index in [1.807, 2.05) is 17.5 Å². The molecular formula is C15H12N4OS. The summed E-state index contributed by atoms with van der Waals surface area (Å²) in [4.78, 5) is 24.3. The van der Waals surface area contributed by atoms with Gasteiger partial charge in [0.15, 0.2) is 0 Å². The number of anilines is 1. The lowest BCUT2D eigenvalue weighted by Crippen LogP contribution is -2.13. The molecule has 0 saturated heterocycles. The quantitative estimate of drug-likeness (QED) is 0.806. The number of amides is 1. The minimum Gasteiger partial charge on any atom is -0.306 e. The Labute approximate surface area is 125 Å². The Kier molecular flexibility index (Phi) is 3.70. The Balaban J connectivity index is 1.73. The van der Waals surface area contributed by atoms with E-state index in [9.17, 15) is 4.79 Å². The molecular weight excluding hydrogens is 284 g/mol. The molecule has 0 unspecified atom stereocenters. The first kappa shape index (κ1) is 13.4. The van der Waals surface area contributed by atoms with Gasteiger partial charge in [-0.05, 0) is 41.4 Å². The lowest BCUT2D eigenvalue weighted by atomic mass is 10.1. The number of nitrogens with zero attached hydrogens (tertiary/aromatic N) is 3. The highest BCUT2D eigenvalue weighted by Crippen LogP contribution is 2.22. The summed E-state index contributed by atoms with van der Waals surface area (Å²) in [7, 11) is 0. The Morgan fingerprint density at radius 2 is 1.86 bits per heavy atom. The predicted octanol–water partition coefficient (Wildman–Crippen LogP) is 3.16. The molecule has 0 aliphatic rings. The molecule has 0 radical (unpaired) electrons. The summed E-state index contributed by atoms with van der Waals surface area (Å²) in [5.41, 5.74) is 2.55. The third-order valence-corrected chi connectivity index (χ3v) is 3.59. The highest BCUT2D eigenvalue weighted by Gasteiger charge is 2.08. The van der Waals surface area contributed by atoms with Crippen molar-refractivity contribution in [1.29, 1.82) is 0 Å². The number of aromatic nitrogens is 3. The molecule has 6 heteroatoms. The van der Waals surface area contributed by atoms with Crippen LogP contribution in [0.15, 0.2) is 47.5 Å². The summed E-state index contributed by atoms with van der Waals surface area (Å²) >= 11 is 1.64. The number of thiophene rings is 1. The van der Waals surface area contributed by atoms with Crippen molar-refractivity contribution < 1.29 is 4.79 Å². The second kappa shape index (κ2) is 5.80. The van der Waals surface area contributed by atoms with Crippen molar-refractivity contribution in [2.75, 3.05) is 5.32 Å². The van der Waals surface area contributed by atoms with E-state index in [2.05, 4.69) is 25.6 Å². The van der Waals surface area contributed by atoms with Crippen LogP contribution >= 0.6 is 11.3 Å². The van der Waals surface area contributed by atoms with Gasteiger partial charge in [-0.3, -0.25) is 4.79 Å². The van der Waals surface area contributed by atoms with Crippen molar-refractivity contribution >= 4 is 23.1 Å². The summed E-state index contributed by atoms with van der Waals surface area (Å²) in [6, 6.07) is 5.74. The summed E-state index contributed by atoms with van der Waals surface area (Å²) in [6.45, 7) is 1.77. The summed E-state index contributed by atoms with van der Waals surface area (Å²) in [5.74, 6) is 0.857. The highest BCUT2D eigenvalue weighted by molar-refractivity contribution is 7.08. The average Bonchev–Trinajstić information content (AvgIpc) is 3.03. The van der Waals surface area contributed by atoms with E-state index in [1.165, 1.54) is 12.4 Å². The summed E-state index contributed by atoms with van der Waals surface area (Å²) < 4.78 is 0. The van der Waals surface area contributed by atoms with Crippen molar-refractivity contribution in [2.24, 2.45) is 0 Å². The molecule has 3 aromatic heterocycles. The second-order valence-corrected chi connectivity index (χ2v) is 5.20. The largest absolute Gasteiger partial charge is 0.306 e. The maximum Gasteiger partial charge on any atom is 0.259 e. The molecule has 1 N–H and O–H groups in total. The monoisotopic (exact) mass is 296 g/mol. The number of carbonyl (C=O) groups excluding carboxylic acids is 1. The number of hydrogen-bond donors (Lipinski definition) is 1. The fourth-order valence-corrected chi connectivity index (χ4v) is 2.43. The first-order valence-corrected chi connectivity index (χ1v) is 7.25. The molecule has 0 saturated carbocycles. The summed E-state index contributed by atoms with van der Waals surface area (Å²) in [6.07, 6.45) is 4.73. The topological polar surface area (TPSA) is 67.8 Å². The average molecular weight is 296 g/mol. The van der Waals surface area contributed by atoms with Crippen LogP contribution in [0.1, 0.15) is 16.2 Å². The fraction of sp³-hybridized carbons (Fsp3) is 0.0667. The van der Waals surface area contributed by atoms with Crippen LogP contribution in [0.25, 0.3) is 11.1 Å². The normalized spacial score (nSPS) is 10.3. The van der Waals surface area contributed by atoms with Crippen LogP contribution in [0.5, 0.6) is 0 Å². The van der Waals surface area contributed by atoms with Gasteiger partial charge in [0, 0.05) is 24.2 Å². The smallest absolute Gasteiger partial charge is 0.259 e. The second-order valence-electron chi connectivity index (χ2n) is 4.42. The zero-order valence-electron chi connectivity index (χ0n) is 11.3. The molecule has 104 valence electrons. The third kappa shape index (κ3) is 3.11. The molecule has 21 heavy (non-hydrogen) atoms. The van der Waals surface area contributed by atoms with E-state index in [1.54, 1.807) is 30.5 Å². The van der Waals surface area contributed by atoms with Crippen molar-refractivity contribution in [2.45, 2.75) is 6.92 Å². The van der Waals surface area contributed by atoms with Gasteiger partial charge >= 0.3 is 0 Å². The van der Waals surface area contributed by atoms with E-state index in [-0.39, 0.29) is 5.91 Å². The number of aryl methyl sites for hydroxylation is 1. The fourth-order valence-electron chi connectivity index (χ4n) is 1.77. The number of pyridine rings is 1. The molecule has 0 aliphatic carbocycles. The maximum absolute atomic E-state index is 12.0. The number of hydrogen-bond acceptors (Lipinski definition) is 5. The van der Waals surface area contributed by atoms with E-state index in [0.29, 0.717) is 17.2 Å². The minimum atomic E-state index is -0.272. The third-order valence-electron chi connectivity index (χ3n) is 2.90. The zero-order chi connectivity index (χ0) is 14.7. The summed E-state index contributed by atoms with van der Waals surface area (Å²) in [5, 5.41) is 6.79. The van der Waals surface area contributed by atoms with Gasteiger partial charge < -0.3 is 5.32 Å².